The van der Waals surface area contributed by atoms with E-state index in [0.29, 0.717) is 31.1 Å². The smallest absolute Gasteiger partial charge is 0.274 e. The van der Waals surface area contributed by atoms with Crippen LogP contribution < -0.4 is 15.5 Å². The molecule has 234 valence electrons. The van der Waals surface area contributed by atoms with E-state index in [4.69, 9.17) is 4.74 Å². The van der Waals surface area contributed by atoms with Gasteiger partial charge < -0.3 is 30.2 Å². The molecule has 0 aliphatic carbocycles. The highest BCUT2D eigenvalue weighted by atomic mass is 16.5. The standard InChI is InChI=1S/C33H39N9O3/c1-40(2)12-3-4-30(43)37-26-10-13-41(21-26)20-23-9-11-34-29(18-23)33(44)38-25-7-5-24(6-8-25)28-19-27-31(39-28)35-22-36-32(27)42-14-16-45-17-15-42/h3-9,11,18-19,22,26H,10,12-17,20-21H2,1-2H3,(H,37,43)(H,38,44)(H,35,36,39)/b4-3+. The Morgan fingerprint density at radius 1 is 1.07 bits per heavy atom. The molecule has 2 saturated heterocycles. The van der Waals surface area contributed by atoms with Gasteiger partial charge in [0.1, 0.15) is 23.5 Å². The van der Waals surface area contributed by atoms with Crippen LogP contribution in [0.1, 0.15) is 22.5 Å². The van der Waals surface area contributed by atoms with E-state index in [1.807, 2.05) is 61.5 Å². The molecular weight excluding hydrogens is 570 g/mol. The SMILES string of the molecule is CN(C)C/C=C/C(=O)NC1CCN(Cc2ccnc(C(=O)Nc3ccc(-c4cc5c(N6CCOCC6)ncnc5[nH]4)cc3)c2)C1. The lowest BCUT2D eigenvalue weighted by Gasteiger charge is -2.27. The number of nitrogens with zero attached hydrogens (tertiary/aromatic N) is 6. The average Bonchev–Trinajstić information content (AvgIpc) is 3.68. The number of rotatable bonds is 10. The molecule has 5 heterocycles. The van der Waals surface area contributed by atoms with Crippen LogP contribution in [0.4, 0.5) is 11.5 Å². The number of likely N-dealkylation sites (N-methyl/N-ethyl adjacent to an activating group) is 1. The summed E-state index contributed by atoms with van der Waals surface area (Å²) >= 11 is 0. The van der Waals surface area contributed by atoms with E-state index in [2.05, 4.69) is 46.4 Å². The van der Waals surface area contributed by atoms with Gasteiger partial charge in [-0.05, 0) is 62.0 Å². The summed E-state index contributed by atoms with van der Waals surface area (Å²) in [6.45, 7) is 6.02. The molecule has 3 N–H and O–H groups in total. The largest absolute Gasteiger partial charge is 0.378 e. The number of H-pyrrole nitrogens is 1. The number of fused-ring (bicyclic) bond motifs is 1. The van der Waals surface area contributed by atoms with Crippen LogP contribution in [0.5, 0.6) is 0 Å². The quantitative estimate of drug-likeness (QED) is 0.232. The van der Waals surface area contributed by atoms with Crippen molar-refractivity contribution in [1.82, 2.24) is 35.1 Å². The van der Waals surface area contributed by atoms with Gasteiger partial charge in [-0.25, -0.2) is 9.97 Å². The molecule has 1 unspecified atom stereocenters. The average molecular weight is 610 g/mol. The van der Waals surface area contributed by atoms with Crippen molar-refractivity contribution in [3.63, 3.8) is 0 Å². The molecular formula is C33H39N9O3. The van der Waals surface area contributed by atoms with Gasteiger partial charge in [-0.1, -0.05) is 18.2 Å². The third kappa shape index (κ3) is 7.72. The number of ether oxygens (including phenoxy) is 1. The van der Waals surface area contributed by atoms with E-state index in [0.717, 1.165) is 72.8 Å². The normalized spacial score (nSPS) is 17.4. The summed E-state index contributed by atoms with van der Waals surface area (Å²) in [6.07, 6.45) is 7.61. The predicted molar refractivity (Wildman–Crippen MR) is 174 cm³/mol. The number of nitrogens with one attached hydrogen (secondary N) is 3. The topological polar surface area (TPSA) is 132 Å². The maximum atomic E-state index is 13.1. The van der Waals surface area contributed by atoms with Crippen molar-refractivity contribution in [2.24, 2.45) is 0 Å². The maximum absolute atomic E-state index is 13.1. The fourth-order valence-electron chi connectivity index (χ4n) is 5.71. The minimum Gasteiger partial charge on any atom is -0.378 e. The summed E-state index contributed by atoms with van der Waals surface area (Å²) in [5.74, 6) is 0.578. The predicted octanol–water partition coefficient (Wildman–Crippen LogP) is 2.92. The molecule has 0 radical (unpaired) electrons. The van der Waals surface area contributed by atoms with Crippen molar-refractivity contribution in [2.45, 2.75) is 19.0 Å². The van der Waals surface area contributed by atoms with Gasteiger partial charge in [0.25, 0.3) is 5.91 Å². The van der Waals surface area contributed by atoms with Crippen LogP contribution >= 0.6 is 0 Å². The van der Waals surface area contributed by atoms with Gasteiger partial charge in [-0.15, -0.1) is 0 Å². The summed E-state index contributed by atoms with van der Waals surface area (Å²) in [5.41, 5.74) is 4.73. The Bertz CT molecular complexity index is 1660. The first-order chi connectivity index (χ1) is 21.9. The van der Waals surface area contributed by atoms with E-state index >= 15 is 0 Å². The van der Waals surface area contributed by atoms with Gasteiger partial charge in [-0.2, -0.15) is 0 Å². The number of morpholine rings is 1. The monoisotopic (exact) mass is 609 g/mol. The fourth-order valence-corrected chi connectivity index (χ4v) is 5.71. The van der Waals surface area contributed by atoms with Crippen LogP contribution in [0.2, 0.25) is 0 Å². The van der Waals surface area contributed by atoms with Gasteiger partial charge in [0, 0.05) is 69.0 Å². The minimum atomic E-state index is -0.267. The lowest BCUT2D eigenvalue weighted by atomic mass is 10.1. The maximum Gasteiger partial charge on any atom is 0.274 e. The minimum absolute atomic E-state index is 0.0619. The number of likely N-dealkylation sites (tertiary alicyclic amines) is 1. The zero-order chi connectivity index (χ0) is 31.2. The molecule has 6 rings (SSSR count). The molecule has 2 aliphatic heterocycles. The summed E-state index contributed by atoms with van der Waals surface area (Å²) in [7, 11) is 3.93. The molecule has 2 amide bonds. The van der Waals surface area contributed by atoms with Crippen LogP contribution in [-0.4, -0.2) is 108 Å². The van der Waals surface area contributed by atoms with Crippen molar-refractivity contribution in [3.05, 3.63) is 78.4 Å². The second-order valence-electron chi connectivity index (χ2n) is 11.7. The first-order valence-electron chi connectivity index (χ1n) is 15.3. The zero-order valence-electron chi connectivity index (χ0n) is 25.7. The molecule has 12 nitrogen and oxygen atoms in total. The molecule has 12 heteroatoms. The van der Waals surface area contributed by atoms with Crippen LogP contribution in [0.3, 0.4) is 0 Å². The molecule has 3 aromatic heterocycles. The first kappa shape index (κ1) is 30.4. The van der Waals surface area contributed by atoms with Crippen molar-refractivity contribution in [2.75, 3.05) is 70.2 Å². The van der Waals surface area contributed by atoms with Gasteiger partial charge in [-0.3, -0.25) is 19.5 Å². The Morgan fingerprint density at radius 2 is 1.89 bits per heavy atom. The van der Waals surface area contributed by atoms with Crippen molar-refractivity contribution < 1.29 is 14.3 Å². The number of pyridine rings is 1. The molecule has 45 heavy (non-hydrogen) atoms. The molecule has 1 aromatic carbocycles. The van der Waals surface area contributed by atoms with E-state index in [1.54, 1.807) is 18.6 Å². The third-order valence-corrected chi connectivity index (χ3v) is 7.99. The van der Waals surface area contributed by atoms with Gasteiger partial charge in [0.05, 0.1) is 18.6 Å². The number of aromatic amines is 1. The van der Waals surface area contributed by atoms with E-state index in [1.165, 1.54) is 0 Å². The van der Waals surface area contributed by atoms with E-state index in [-0.39, 0.29) is 17.9 Å². The Labute approximate surface area is 262 Å². The number of aromatic nitrogens is 4. The highest BCUT2D eigenvalue weighted by Gasteiger charge is 2.24. The summed E-state index contributed by atoms with van der Waals surface area (Å²) < 4.78 is 5.49. The number of carbonyl (C=O) groups is 2. The number of amides is 2. The Hall–Kier alpha value is -4.65. The van der Waals surface area contributed by atoms with Crippen LogP contribution in [0.15, 0.2) is 67.1 Å². The van der Waals surface area contributed by atoms with Crippen molar-refractivity contribution in [3.8, 4) is 11.3 Å². The number of hydrogen-bond acceptors (Lipinski definition) is 9. The lowest BCUT2D eigenvalue weighted by Crippen LogP contribution is -2.36. The first-order valence-corrected chi connectivity index (χ1v) is 15.3. The number of benzene rings is 1. The Morgan fingerprint density at radius 3 is 2.69 bits per heavy atom. The number of anilines is 2. The summed E-state index contributed by atoms with van der Waals surface area (Å²) in [5, 5.41) is 7.02. The summed E-state index contributed by atoms with van der Waals surface area (Å²) in [6, 6.07) is 13.6. The van der Waals surface area contributed by atoms with Crippen LogP contribution in [0.25, 0.3) is 22.3 Å². The molecule has 0 bridgehead atoms. The van der Waals surface area contributed by atoms with Crippen LogP contribution in [0, 0.1) is 0 Å². The number of hydrogen-bond donors (Lipinski definition) is 3. The van der Waals surface area contributed by atoms with Gasteiger partial charge in [0.2, 0.25) is 5.91 Å². The van der Waals surface area contributed by atoms with Crippen molar-refractivity contribution >= 4 is 34.4 Å². The number of carbonyl (C=O) groups excluding carboxylic acids is 2. The third-order valence-electron chi connectivity index (χ3n) is 7.99. The molecule has 2 aliphatic rings. The Kier molecular flexibility index (Phi) is 9.44. The Balaban J connectivity index is 1.04. The highest BCUT2D eigenvalue weighted by Crippen LogP contribution is 2.29. The highest BCUT2D eigenvalue weighted by molar-refractivity contribution is 6.03. The van der Waals surface area contributed by atoms with E-state index < -0.39 is 0 Å². The van der Waals surface area contributed by atoms with E-state index in [9.17, 15) is 9.59 Å². The fraction of sp³-hybridized carbons (Fsp3) is 0.364. The van der Waals surface area contributed by atoms with Gasteiger partial charge >= 0.3 is 0 Å². The van der Waals surface area contributed by atoms with Crippen LogP contribution in [-0.2, 0) is 16.1 Å². The van der Waals surface area contributed by atoms with Gasteiger partial charge in [0.15, 0.2) is 0 Å². The second kappa shape index (κ2) is 14.0. The zero-order valence-corrected chi connectivity index (χ0v) is 25.7. The molecule has 4 aromatic rings. The molecule has 0 spiro atoms. The molecule has 2 fully saturated rings. The molecule has 1 atom stereocenters. The second-order valence-corrected chi connectivity index (χ2v) is 11.7. The summed E-state index contributed by atoms with van der Waals surface area (Å²) in [4.78, 5) is 48.5. The van der Waals surface area contributed by atoms with Crippen molar-refractivity contribution in [1.29, 1.82) is 0 Å². The lowest BCUT2D eigenvalue weighted by molar-refractivity contribution is -0.117. The molecule has 0 saturated carbocycles.